The molecular weight excluding hydrogens is 244 g/mol. The van der Waals surface area contributed by atoms with Gasteiger partial charge >= 0.3 is 24.1 Å². The second kappa shape index (κ2) is 5.65. The van der Waals surface area contributed by atoms with Gasteiger partial charge < -0.3 is 20.4 Å². The average Bonchev–Trinajstić information content (AvgIpc) is 2.12. The molecule has 0 spiro atoms. The first-order valence-electron chi connectivity index (χ1n) is 3.95. The van der Waals surface area contributed by atoms with Crippen LogP contribution in [0.4, 0.5) is 4.79 Å². The van der Waals surface area contributed by atoms with Gasteiger partial charge in [0.15, 0.2) is 5.60 Å². The first-order chi connectivity index (χ1) is 7.67. The topological polar surface area (TPSA) is 168 Å². The fraction of sp³-hybridized carbons (Fsp3) is 0.429. The van der Waals surface area contributed by atoms with Crippen molar-refractivity contribution in [2.75, 3.05) is 0 Å². The number of carbonyl (C=O) groups excluding carboxylic acids is 1. The van der Waals surface area contributed by atoms with Crippen LogP contribution in [0.3, 0.4) is 0 Å². The quantitative estimate of drug-likeness (QED) is 0.345. The molecule has 0 radical (unpaired) electrons. The Labute approximate surface area is 92.9 Å². The zero-order chi connectivity index (χ0) is 13.6. The Morgan fingerprint density at radius 1 is 0.941 bits per heavy atom. The van der Waals surface area contributed by atoms with Gasteiger partial charge in [0.1, 0.15) is 0 Å². The molecule has 4 N–H and O–H groups in total. The van der Waals surface area contributed by atoms with E-state index < -0.39 is 42.5 Å². The lowest BCUT2D eigenvalue weighted by Crippen LogP contribution is -2.43. The van der Waals surface area contributed by atoms with Gasteiger partial charge in [-0.1, -0.05) is 0 Å². The van der Waals surface area contributed by atoms with Crippen molar-refractivity contribution in [2.45, 2.75) is 18.4 Å². The minimum atomic E-state index is -2.90. The lowest BCUT2D eigenvalue weighted by molar-refractivity contribution is -0.244. The van der Waals surface area contributed by atoms with Gasteiger partial charge in [0, 0.05) is 0 Å². The fourth-order valence-electron chi connectivity index (χ4n) is 0.814. The van der Waals surface area contributed by atoms with E-state index in [1.54, 1.807) is 0 Å². The normalized spacial score (nSPS) is 13.2. The molecule has 0 aliphatic carbocycles. The second-order valence-electron chi connectivity index (χ2n) is 2.89. The maximum absolute atomic E-state index is 10.8. The largest absolute Gasteiger partial charge is 0.547 e. The van der Waals surface area contributed by atoms with E-state index in [4.69, 9.17) is 15.3 Å². The predicted octanol–water partition coefficient (Wildman–Crippen LogP) is -1.18. The zero-order valence-electron chi connectivity index (χ0n) is 8.15. The third-order valence-corrected chi connectivity index (χ3v) is 1.48. The average molecular weight is 252 g/mol. The van der Waals surface area contributed by atoms with E-state index in [1.165, 1.54) is 0 Å². The molecule has 0 aliphatic heterocycles. The van der Waals surface area contributed by atoms with Crippen LogP contribution in [0.5, 0.6) is 0 Å². The van der Waals surface area contributed by atoms with Crippen molar-refractivity contribution in [1.29, 1.82) is 0 Å². The number of carbonyl (C=O) groups is 4. The van der Waals surface area contributed by atoms with Crippen molar-refractivity contribution in [1.82, 2.24) is 0 Å². The minimum absolute atomic E-state index is 1.26. The monoisotopic (exact) mass is 252 g/mol. The molecule has 10 nitrogen and oxygen atoms in total. The minimum Gasteiger partial charge on any atom is -0.481 e. The smallest absolute Gasteiger partial charge is 0.481 e. The lowest BCUT2D eigenvalue weighted by atomic mass is 9.96. The van der Waals surface area contributed by atoms with Gasteiger partial charge in [-0.05, 0) is 0 Å². The van der Waals surface area contributed by atoms with Crippen LogP contribution in [-0.4, -0.2) is 50.1 Å². The van der Waals surface area contributed by atoms with Gasteiger partial charge in [-0.3, -0.25) is 4.79 Å². The Hall–Kier alpha value is -2.36. The summed E-state index contributed by atoms with van der Waals surface area (Å²) in [5.41, 5.74) is -2.90. The number of hydrogen-bond donors (Lipinski definition) is 4. The standard InChI is InChI=1S/C7H8O10/c8-3(9)1-7(15,5(11)12)2-4(10)16-17-6(13)14/h15H,1-2H2,(H,8,9)(H,11,12)(H,13,14). The number of carboxylic acids is 2. The molecule has 96 valence electrons. The van der Waals surface area contributed by atoms with Crippen LogP contribution in [0, 0.1) is 0 Å². The summed E-state index contributed by atoms with van der Waals surface area (Å²) in [5, 5.41) is 34.1. The van der Waals surface area contributed by atoms with E-state index in [9.17, 15) is 24.3 Å². The van der Waals surface area contributed by atoms with Crippen LogP contribution in [-0.2, 0) is 24.2 Å². The Morgan fingerprint density at radius 2 is 1.47 bits per heavy atom. The molecule has 0 saturated carbocycles. The molecule has 0 aromatic heterocycles. The van der Waals surface area contributed by atoms with E-state index in [1.807, 2.05) is 0 Å². The Morgan fingerprint density at radius 3 is 1.82 bits per heavy atom. The SMILES string of the molecule is O=C(O)CC(O)(CC(=O)OOC(=O)O)C(=O)O. The molecule has 1 unspecified atom stereocenters. The molecule has 0 aliphatic rings. The van der Waals surface area contributed by atoms with Crippen molar-refractivity contribution in [3.63, 3.8) is 0 Å². The molecule has 0 bridgehead atoms. The Balaban J connectivity index is 4.54. The van der Waals surface area contributed by atoms with Gasteiger partial charge in [0.05, 0.1) is 12.8 Å². The number of aliphatic hydroxyl groups is 1. The van der Waals surface area contributed by atoms with E-state index in [0.29, 0.717) is 0 Å². The number of hydrogen-bond acceptors (Lipinski definition) is 7. The Kier molecular flexibility index (Phi) is 4.87. The van der Waals surface area contributed by atoms with E-state index >= 15 is 0 Å². The highest BCUT2D eigenvalue weighted by atomic mass is 17.2. The maximum Gasteiger partial charge on any atom is 0.547 e. The van der Waals surface area contributed by atoms with Gasteiger partial charge in [0.2, 0.25) is 0 Å². The van der Waals surface area contributed by atoms with Gasteiger partial charge in [0.25, 0.3) is 0 Å². The van der Waals surface area contributed by atoms with Crippen molar-refractivity contribution < 1.29 is 49.4 Å². The molecule has 0 amide bonds. The van der Waals surface area contributed by atoms with Crippen LogP contribution in [0.1, 0.15) is 12.8 Å². The second-order valence-corrected chi connectivity index (χ2v) is 2.89. The molecule has 17 heavy (non-hydrogen) atoms. The van der Waals surface area contributed by atoms with Gasteiger partial charge in [-0.2, -0.15) is 0 Å². The number of aliphatic carboxylic acids is 2. The molecule has 0 heterocycles. The fourth-order valence-corrected chi connectivity index (χ4v) is 0.814. The maximum atomic E-state index is 10.8. The number of carboxylic acid groups (broad SMARTS) is 3. The summed E-state index contributed by atoms with van der Waals surface area (Å²) in [6, 6.07) is 0. The molecule has 0 saturated heterocycles. The summed E-state index contributed by atoms with van der Waals surface area (Å²) in [7, 11) is 0. The van der Waals surface area contributed by atoms with Crippen LogP contribution in [0.2, 0.25) is 0 Å². The summed E-state index contributed by atoms with van der Waals surface area (Å²) in [6.45, 7) is 0. The predicted molar refractivity (Wildman–Crippen MR) is 44.7 cm³/mol. The highest BCUT2D eigenvalue weighted by molar-refractivity contribution is 5.88. The summed E-state index contributed by atoms with van der Waals surface area (Å²) in [4.78, 5) is 48.4. The van der Waals surface area contributed by atoms with Crippen molar-refractivity contribution >= 4 is 24.1 Å². The van der Waals surface area contributed by atoms with Gasteiger partial charge in [-0.15, -0.1) is 0 Å². The first kappa shape index (κ1) is 14.6. The van der Waals surface area contributed by atoms with E-state index in [0.717, 1.165) is 0 Å². The van der Waals surface area contributed by atoms with E-state index in [2.05, 4.69) is 9.78 Å². The highest BCUT2D eigenvalue weighted by Crippen LogP contribution is 2.17. The van der Waals surface area contributed by atoms with Crippen molar-refractivity contribution in [2.24, 2.45) is 0 Å². The first-order valence-corrected chi connectivity index (χ1v) is 3.95. The lowest BCUT2D eigenvalue weighted by Gasteiger charge is -2.19. The summed E-state index contributed by atoms with van der Waals surface area (Å²) in [6.07, 6.45) is -4.50. The Bertz CT molecular complexity index is 347. The van der Waals surface area contributed by atoms with Crippen molar-refractivity contribution in [3.05, 3.63) is 0 Å². The third kappa shape index (κ3) is 5.32. The number of rotatable bonds is 5. The summed E-state index contributed by atoms with van der Waals surface area (Å²) in [5.74, 6) is -5.17. The zero-order valence-corrected chi connectivity index (χ0v) is 8.15. The molecular formula is C7H8O10. The highest BCUT2D eigenvalue weighted by Gasteiger charge is 2.42. The molecule has 0 rings (SSSR count). The van der Waals surface area contributed by atoms with Crippen LogP contribution < -0.4 is 0 Å². The van der Waals surface area contributed by atoms with Crippen LogP contribution in [0.25, 0.3) is 0 Å². The molecule has 1 atom stereocenters. The van der Waals surface area contributed by atoms with Crippen LogP contribution in [0.15, 0.2) is 0 Å². The third-order valence-electron chi connectivity index (χ3n) is 1.48. The molecule has 0 fully saturated rings. The summed E-state index contributed by atoms with van der Waals surface area (Å²) >= 11 is 0. The van der Waals surface area contributed by atoms with Gasteiger partial charge in [-0.25, -0.2) is 24.2 Å². The molecule has 10 heteroatoms. The summed E-state index contributed by atoms with van der Waals surface area (Å²) < 4.78 is 0. The molecule has 0 aromatic carbocycles. The molecule has 0 aromatic rings. The van der Waals surface area contributed by atoms with Crippen LogP contribution >= 0.6 is 0 Å². The van der Waals surface area contributed by atoms with E-state index in [-0.39, 0.29) is 0 Å². The van der Waals surface area contributed by atoms with Crippen molar-refractivity contribution in [3.8, 4) is 0 Å².